The van der Waals surface area contributed by atoms with Crippen molar-refractivity contribution in [1.82, 2.24) is 24.0 Å². The SMILES string of the molecule is CN1CCN(CCNC(=O)[C@@H]2CCCN(S(=O)(=O)c3ccc4c(ccn4C)c3)C2)CC1. The van der Waals surface area contributed by atoms with Crippen molar-refractivity contribution < 1.29 is 13.2 Å². The predicted molar refractivity (Wildman–Crippen MR) is 121 cm³/mol. The van der Waals surface area contributed by atoms with Crippen molar-refractivity contribution in [2.75, 3.05) is 59.4 Å². The molecule has 8 nitrogen and oxygen atoms in total. The fraction of sp³-hybridized carbons (Fsp3) is 0.591. The quantitative estimate of drug-likeness (QED) is 0.713. The third kappa shape index (κ3) is 4.95. The number of fused-ring (bicyclic) bond motifs is 1. The summed E-state index contributed by atoms with van der Waals surface area (Å²) in [5, 5.41) is 3.93. The third-order valence-corrected chi connectivity index (χ3v) is 8.43. The molecule has 31 heavy (non-hydrogen) atoms. The highest BCUT2D eigenvalue weighted by molar-refractivity contribution is 7.89. The summed E-state index contributed by atoms with van der Waals surface area (Å²) in [5.41, 5.74) is 0.996. The molecule has 0 saturated carbocycles. The Morgan fingerprint density at radius 3 is 2.65 bits per heavy atom. The first-order valence-electron chi connectivity index (χ1n) is 11.1. The number of aryl methyl sites for hydroxylation is 1. The summed E-state index contributed by atoms with van der Waals surface area (Å²) in [4.78, 5) is 17.7. The predicted octanol–water partition coefficient (Wildman–Crippen LogP) is 0.943. The average molecular weight is 448 g/mol. The van der Waals surface area contributed by atoms with E-state index in [0.717, 1.165) is 50.0 Å². The molecule has 2 aliphatic heterocycles. The molecule has 1 aromatic carbocycles. The van der Waals surface area contributed by atoms with Gasteiger partial charge in [-0.25, -0.2) is 8.42 Å². The number of likely N-dealkylation sites (N-methyl/N-ethyl adjacent to an activating group) is 1. The average Bonchev–Trinajstić information content (AvgIpc) is 3.15. The summed E-state index contributed by atoms with van der Waals surface area (Å²) in [7, 11) is 0.441. The smallest absolute Gasteiger partial charge is 0.243 e. The van der Waals surface area contributed by atoms with Gasteiger partial charge >= 0.3 is 0 Å². The summed E-state index contributed by atoms with van der Waals surface area (Å²) in [5.74, 6) is -0.330. The van der Waals surface area contributed by atoms with Crippen molar-refractivity contribution >= 4 is 26.8 Å². The lowest BCUT2D eigenvalue weighted by molar-refractivity contribution is -0.126. The van der Waals surface area contributed by atoms with E-state index in [1.807, 2.05) is 29.9 Å². The molecule has 1 aromatic heterocycles. The Bertz CT molecular complexity index is 1030. The van der Waals surface area contributed by atoms with Crippen LogP contribution in [0, 0.1) is 5.92 Å². The number of carbonyl (C=O) groups excluding carboxylic acids is 1. The van der Waals surface area contributed by atoms with Gasteiger partial charge in [-0.1, -0.05) is 0 Å². The van der Waals surface area contributed by atoms with E-state index >= 15 is 0 Å². The maximum atomic E-state index is 13.2. The molecule has 0 radical (unpaired) electrons. The first-order chi connectivity index (χ1) is 14.8. The molecule has 170 valence electrons. The molecule has 0 bridgehead atoms. The summed E-state index contributed by atoms with van der Waals surface area (Å²) in [6.45, 7) is 6.30. The zero-order valence-corrected chi connectivity index (χ0v) is 19.3. The molecule has 2 fully saturated rings. The monoisotopic (exact) mass is 447 g/mol. The number of sulfonamides is 1. The number of aromatic nitrogens is 1. The van der Waals surface area contributed by atoms with Gasteiger partial charge < -0.3 is 14.8 Å². The minimum atomic E-state index is -3.62. The van der Waals surface area contributed by atoms with Crippen LogP contribution < -0.4 is 5.32 Å². The summed E-state index contributed by atoms with van der Waals surface area (Å²) in [6, 6.07) is 7.15. The Labute approximate surface area is 184 Å². The minimum Gasteiger partial charge on any atom is -0.355 e. The molecule has 2 aromatic rings. The number of piperidine rings is 1. The highest BCUT2D eigenvalue weighted by Gasteiger charge is 2.33. The lowest BCUT2D eigenvalue weighted by atomic mass is 9.99. The molecule has 1 amide bonds. The van der Waals surface area contributed by atoms with Crippen molar-refractivity contribution in [3.05, 3.63) is 30.5 Å². The zero-order valence-electron chi connectivity index (χ0n) is 18.5. The summed E-state index contributed by atoms with van der Waals surface area (Å²) in [6.07, 6.45) is 3.35. The van der Waals surface area contributed by atoms with Crippen LogP contribution in [-0.4, -0.2) is 92.4 Å². The highest BCUT2D eigenvalue weighted by Crippen LogP contribution is 2.26. The van der Waals surface area contributed by atoms with E-state index in [9.17, 15) is 13.2 Å². The van der Waals surface area contributed by atoms with E-state index < -0.39 is 10.0 Å². The minimum absolute atomic E-state index is 0.0347. The lowest BCUT2D eigenvalue weighted by Gasteiger charge is -2.33. The van der Waals surface area contributed by atoms with Crippen LogP contribution >= 0.6 is 0 Å². The second-order valence-electron chi connectivity index (χ2n) is 8.79. The van der Waals surface area contributed by atoms with Crippen LogP contribution in [0.3, 0.4) is 0 Å². The second kappa shape index (κ2) is 9.28. The van der Waals surface area contributed by atoms with Crippen molar-refractivity contribution in [3.8, 4) is 0 Å². The van der Waals surface area contributed by atoms with Crippen LogP contribution in [0.1, 0.15) is 12.8 Å². The number of piperazine rings is 1. The number of benzene rings is 1. The number of nitrogens with one attached hydrogen (secondary N) is 1. The Kier molecular flexibility index (Phi) is 6.66. The first kappa shape index (κ1) is 22.3. The Morgan fingerprint density at radius 1 is 1.10 bits per heavy atom. The number of amides is 1. The standard InChI is InChI=1S/C22H33N5O3S/c1-24-12-14-26(15-13-24)11-8-23-22(28)19-4-3-9-27(17-19)31(29,30)20-5-6-21-18(16-20)7-10-25(21)2/h5-7,10,16,19H,3-4,8-9,11-15,17H2,1-2H3,(H,23,28)/t19-/m1/s1. The van der Waals surface area contributed by atoms with E-state index in [1.165, 1.54) is 4.31 Å². The third-order valence-electron chi connectivity index (χ3n) is 6.57. The van der Waals surface area contributed by atoms with E-state index in [2.05, 4.69) is 22.2 Å². The maximum Gasteiger partial charge on any atom is 0.243 e. The molecule has 1 N–H and O–H groups in total. The van der Waals surface area contributed by atoms with E-state index in [4.69, 9.17) is 0 Å². The van der Waals surface area contributed by atoms with Gasteiger partial charge in [0.05, 0.1) is 10.8 Å². The van der Waals surface area contributed by atoms with E-state index in [1.54, 1.807) is 12.1 Å². The fourth-order valence-electron chi connectivity index (χ4n) is 4.50. The van der Waals surface area contributed by atoms with Gasteiger partial charge in [0.15, 0.2) is 0 Å². The van der Waals surface area contributed by atoms with E-state index in [-0.39, 0.29) is 18.4 Å². The highest BCUT2D eigenvalue weighted by atomic mass is 32.2. The number of rotatable bonds is 6. The molecule has 4 rings (SSSR count). The molecule has 2 aliphatic rings. The molecule has 1 atom stereocenters. The van der Waals surface area contributed by atoms with Crippen LogP contribution in [-0.2, 0) is 21.9 Å². The van der Waals surface area contributed by atoms with Gasteiger partial charge in [0.2, 0.25) is 15.9 Å². The van der Waals surface area contributed by atoms with Crippen LogP contribution in [0.2, 0.25) is 0 Å². The second-order valence-corrected chi connectivity index (χ2v) is 10.7. The van der Waals surface area contributed by atoms with E-state index in [0.29, 0.717) is 24.4 Å². The summed E-state index contributed by atoms with van der Waals surface area (Å²) < 4.78 is 29.9. The normalized spacial score (nSPS) is 22.1. The van der Waals surface area contributed by atoms with Crippen molar-refractivity contribution in [2.24, 2.45) is 13.0 Å². The molecule has 0 aliphatic carbocycles. The van der Waals surface area contributed by atoms with Crippen LogP contribution in [0.4, 0.5) is 0 Å². The maximum absolute atomic E-state index is 13.2. The largest absolute Gasteiger partial charge is 0.355 e. The molecule has 3 heterocycles. The van der Waals surface area contributed by atoms with Gasteiger partial charge in [-0.2, -0.15) is 4.31 Å². The van der Waals surface area contributed by atoms with Gasteiger partial charge in [0, 0.05) is 76.5 Å². The topological polar surface area (TPSA) is 77.9 Å². The van der Waals surface area contributed by atoms with Gasteiger partial charge in [-0.15, -0.1) is 0 Å². The molecule has 9 heteroatoms. The first-order valence-corrected chi connectivity index (χ1v) is 12.5. The van der Waals surface area contributed by atoms with Gasteiger partial charge in [-0.05, 0) is 44.2 Å². The van der Waals surface area contributed by atoms with Crippen molar-refractivity contribution in [3.63, 3.8) is 0 Å². The van der Waals surface area contributed by atoms with Gasteiger partial charge in [0.1, 0.15) is 0 Å². The fourth-order valence-corrected chi connectivity index (χ4v) is 6.06. The van der Waals surface area contributed by atoms with Crippen molar-refractivity contribution in [2.45, 2.75) is 17.7 Å². The number of nitrogens with zero attached hydrogens (tertiary/aromatic N) is 4. The van der Waals surface area contributed by atoms with Crippen LogP contribution in [0.15, 0.2) is 35.4 Å². The molecule has 0 unspecified atom stereocenters. The molecule has 0 spiro atoms. The Balaban J connectivity index is 1.35. The summed E-state index contributed by atoms with van der Waals surface area (Å²) >= 11 is 0. The molecular formula is C22H33N5O3S. The van der Waals surface area contributed by atoms with Gasteiger partial charge in [-0.3, -0.25) is 9.69 Å². The van der Waals surface area contributed by atoms with Gasteiger partial charge in [0.25, 0.3) is 0 Å². The van der Waals surface area contributed by atoms with Crippen LogP contribution in [0.25, 0.3) is 10.9 Å². The number of hydrogen-bond acceptors (Lipinski definition) is 5. The molecule has 2 saturated heterocycles. The van der Waals surface area contributed by atoms with Crippen molar-refractivity contribution in [1.29, 1.82) is 0 Å². The number of carbonyl (C=O) groups is 1. The lowest BCUT2D eigenvalue weighted by Crippen LogP contribution is -2.49. The zero-order chi connectivity index (χ0) is 22.0. The Morgan fingerprint density at radius 2 is 1.87 bits per heavy atom. The van der Waals surface area contributed by atoms with Crippen LogP contribution in [0.5, 0.6) is 0 Å². The Hall–Kier alpha value is -1.94. The molecular weight excluding hydrogens is 414 g/mol. The number of hydrogen-bond donors (Lipinski definition) is 1.